The van der Waals surface area contributed by atoms with Crippen LogP contribution in [-0.4, -0.2) is 40.8 Å². The number of aryl methyl sites for hydroxylation is 1. The number of hydrogen-bond acceptors (Lipinski definition) is 5. The summed E-state index contributed by atoms with van der Waals surface area (Å²) < 4.78 is 0. The van der Waals surface area contributed by atoms with E-state index in [1.54, 1.807) is 0 Å². The molecule has 1 aromatic heterocycles. The Morgan fingerprint density at radius 2 is 2.09 bits per heavy atom. The lowest BCUT2D eigenvalue weighted by atomic mass is 10.1. The van der Waals surface area contributed by atoms with Gasteiger partial charge in [0.1, 0.15) is 0 Å². The van der Waals surface area contributed by atoms with Crippen LogP contribution in [0.2, 0.25) is 0 Å². The van der Waals surface area contributed by atoms with Crippen molar-refractivity contribution >= 4 is 17.2 Å². The molecule has 0 radical (unpaired) electrons. The van der Waals surface area contributed by atoms with Gasteiger partial charge in [-0.15, -0.1) is 0 Å². The fourth-order valence-corrected chi connectivity index (χ4v) is 2.97. The normalized spacial score (nSPS) is 17.3. The Morgan fingerprint density at radius 3 is 2.96 bits per heavy atom. The second-order valence-corrected chi connectivity index (χ2v) is 6.22. The molecule has 0 saturated heterocycles. The lowest BCUT2D eigenvalue weighted by Crippen LogP contribution is -2.19. The Labute approximate surface area is 137 Å². The van der Waals surface area contributed by atoms with E-state index in [0.717, 1.165) is 42.8 Å². The molecule has 1 aliphatic heterocycles. The number of unbranched alkanes of at least 4 members (excludes halogenated alkanes) is 3. The van der Waals surface area contributed by atoms with Crippen LogP contribution in [0.25, 0.3) is 11.0 Å². The largest absolute Gasteiger partial charge is 0.330 e. The Bertz CT molecular complexity index is 682. The Hall–Kier alpha value is -2.01. The standard InChI is InChI=1S/C18H25N5/c1-14-7-6-8-16-18(14)22-17(12-20-16)15-11-21-23(13-15)10-5-3-2-4-9-19/h6-8,11-12,15H,2-5,9-10,13,19H2,1H3. The first-order chi connectivity index (χ1) is 11.3. The van der Waals surface area contributed by atoms with E-state index in [9.17, 15) is 0 Å². The van der Waals surface area contributed by atoms with Gasteiger partial charge < -0.3 is 5.73 Å². The van der Waals surface area contributed by atoms with Gasteiger partial charge in [0.05, 0.1) is 22.6 Å². The van der Waals surface area contributed by atoms with E-state index in [-0.39, 0.29) is 5.92 Å². The van der Waals surface area contributed by atoms with Crippen molar-refractivity contribution in [2.24, 2.45) is 10.8 Å². The van der Waals surface area contributed by atoms with Gasteiger partial charge in [-0.25, -0.2) is 4.98 Å². The molecular formula is C18H25N5. The molecule has 5 nitrogen and oxygen atoms in total. The monoisotopic (exact) mass is 311 g/mol. The minimum atomic E-state index is 0.246. The van der Waals surface area contributed by atoms with E-state index in [4.69, 9.17) is 10.7 Å². The predicted octanol–water partition coefficient (Wildman–Crippen LogP) is 2.84. The zero-order chi connectivity index (χ0) is 16.1. The summed E-state index contributed by atoms with van der Waals surface area (Å²) in [6.45, 7) is 4.79. The average Bonchev–Trinajstić information content (AvgIpc) is 3.04. The maximum atomic E-state index is 5.52. The minimum Gasteiger partial charge on any atom is -0.330 e. The van der Waals surface area contributed by atoms with E-state index in [1.807, 2.05) is 24.5 Å². The zero-order valence-electron chi connectivity index (χ0n) is 13.8. The van der Waals surface area contributed by atoms with Crippen LogP contribution in [0.5, 0.6) is 0 Å². The molecule has 0 spiro atoms. The summed E-state index contributed by atoms with van der Waals surface area (Å²) in [6, 6.07) is 6.11. The number of nitrogens with zero attached hydrogens (tertiary/aromatic N) is 4. The van der Waals surface area contributed by atoms with Gasteiger partial charge in [-0.1, -0.05) is 25.0 Å². The molecular weight excluding hydrogens is 286 g/mol. The van der Waals surface area contributed by atoms with Crippen LogP contribution in [0.3, 0.4) is 0 Å². The molecule has 1 aliphatic rings. The smallest absolute Gasteiger partial charge is 0.0919 e. The molecule has 2 N–H and O–H groups in total. The van der Waals surface area contributed by atoms with Crippen molar-refractivity contribution in [3.63, 3.8) is 0 Å². The minimum absolute atomic E-state index is 0.246. The van der Waals surface area contributed by atoms with Crippen molar-refractivity contribution in [2.45, 2.75) is 38.5 Å². The molecule has 122 valence electrons. The molecule has 2 heterocycles. The molecule has 23 heavy (non-hydrogen) atoms. The van der Waals surface area contributed by atoms with Gasteiger partial charge >= 0.3 is 0 Å². The molecule has 0 fully saturated rings. The molecule has 1 unspecified atom stereocenters. The highest BCUT2D eigenvalue weighted by molar-refractivity contribution is 5.78. The van der Waals surface area contributed by atoms with Crippen molar-refractivity contribution in [1.29, 1.82) is 0 Å². The predicted molar refractivity (Wildman–Crippen MR) is 94.6 cm³/mol. The quantitative estimate of drug-likeness (QED) is 0.798. The number of benzene rings is 1. The molecule has 0 aliphatic carbocycles. The maximum absolute atomic E-state index is 5.52. The lowest BCUT2D eigenvalue weighted by molar-refractivity contribution is 0.300. The Kier molecular flexibility index (Phi) is 5.18. The molecule has 0 saturated carbocycles. The van der Waals surface area contributed by atoms with Gasteiger partial charge in [-0.3, -0.25) is 9.99 Å². The highest BCUT2D eigenvalue weighted by atomic mass is 15.5. The third-order valence-electron chi connectivity index (χ3n) is 4.36. The third-order valence-corrected chi connectivity index (χ3v) is 4.36. The number of hydrazone groups is 1. The van der Waals surface area contributed by atoms with E-state index < -0.39 is 0 Å². The summed E-state index contributed by atoms with van der Waals surface area (Å²) >= 11 is 0. The summed E-state index contributed by atoms with van der Waals surface area (Å²) in [4.78, 5) is 9.37. The molecule has 1 aromatic carbocycles. The number of rotatable bonds is 7. The maximum Gasteiger partial charge on any atom is 0.0919 e. The van der Waals surface area contributed by atoms with Crippen molar-refractivity contribution in [3.05, 3.63) is 35.7 Å². The van der Waals surface area contributed by atoms with Crippen molar-refractivity contribution in [2.75, 3.05) is 19.6 Å². The summed E-state index contributed by atoms with van der Waals surface area (Å²) in [7, 11) is 0. The van der Waals surface area contributed by atoms with Crippen LogP contribution in [0.15, 0.2) is 29.5 Å². The molecule has 2 aromatic rings. The second-order valence-electron chi connectivity index (χ2n) is 6.22. The number of fused-ring (bicyclic) bond motifs is 1. The second kappa shape index (κ2) is 7.51. The summed E-state index contributed by atoms with van der Waals surface area (Å²) in [5.74, 6) is 0.246. The average molecular weight is 311 g/mol. The Balaban J connectivity index is 1.59. The van der Waals surface area contributed by atoms with Crippen LogP contribution in [0.4, 0.5) is 0 Å². The molecule has 3 rings (SSSR count). The number of hydrogen-bond donors (Lipinski definition) is 1. The molecule has 0 bridgehead atoms. The lowest BCUT2D eigenvalue weighted by Gasteiger charge is -2.15. The fourth-order valence-electron chi connectivity index (χ4n) is 2.97. The van der Waals surface area contributed by atoms with Gasteiger partial charge in [0.15, 0.2) is 0 Å². The number of nitrogens with two attached hydrogens (primary N) is 1. The topological polar surface area (TPSA) is 67.4 Å². The highest BCUT2D eigenvalue weighted by Crippen LogP contribution is 2.22. The first kappa shape index (κ1) is 15.9. The third kappa shape index (κ3) is 3.85. The first-order valence-electron chi connectivity index (χ1n) is 8.49. The highest BCUT2D eigenvalue weighted by Gasteiger charge is 2.21. The SMILES string of the molecule is Cc1cccc2ncc(C3C=NN(CCCCCCN)C3)nc12. The van der Waals surface area contributed by atoms with Crippen LogP contribution >= 0.6 is 0 Å². The van der Waals surface area contributed by atoms with E-state index in [0.29, 0.717) is 0 Å². The van der Waals surface area contributed by atoms with Crippen LogP contribution < -0.4 is 5.73 Å². The van der Waals surface area contributed by atoms with Crippen molar-refractivity contribution in [3.8, 4) is 0 Å². The summed E-state index contributed by atoms with van der Waals surface area (Å²) in [5.41, 5.74) is 9.66. The van der Waals surface area contributed by atoms with E-state index in [2.05, 4.69) is 28.1 Å². The first-order valence-corrected chi connectivity index (χ1v) is 8.49. The van der Waals surface area contributed by atoms with Crippen molar-refractivity contribution in [1.82, 2.24) is 15.0 Å². The van der Waals surface area contributed by atoms with Gasteiger partial charge in [0.25, 0.3) is 0 Å². The fraction of sp³-hybridized carbons (Fsp3) is 0.500. The van der Waals surface area contributed by atoms with Crippen LogP contribution in [-0.2, 0) is 0 Å². The number of para-hydroxylation sites is 1. The van der Waals surface area contributed by atoms with Gasteiger partial charge in [-0.2, -0.15) is 5.10 Å². The van der Waals surface area contributed by atoms with E-state index in [1.165, 1.54) is 24.8 Å². The summed E-state index contributed by atoms with van der Waals surface area (Å²) in [6.07, 6.45) is 8.64. The van der Waals surface area contributed by atoms with Gasteiger partial charge in [0, 0.05) is 25.5 Å². The molecule has 5 heteroatoms. The summed E-state index contributed by atoms with van der Waals surface area (Å²) in [5, 5.41) is 6.68. The zero-order valence-corrected chi connectivity index (χ0v) is 13.8. The Morgan fingerprint density at radius 1 is 1.22 bits per heavy atom. The van der Waals surface area contributed by atoms with Crippen molar-refractivity contribution < 1.29 is 0 Å². The van der Waals surface area contributed by atoms with Gasteiger partial charge in [0.2, 0.25) is 0 Å². The van der Waals surface area contributed by atoms with Gasteiger partial charge in [-0.05, 0) is 37.9 Å². The van der Waals surface area contributed by atoms with Crippen LogP contribution in [0, 0.1) is 6.92 Å². The number of aromatic nitrogens is 2. The van der Waals surface area contributed by atoms with E-state index >= 15 is 0 Å². The van der Waals surface area contributed by atoms with Crippen LogP contribution in [0.1, 0.15) is 42.9 Å². The molecule has 0 amide bonds. The molecule has 1 atom stereocenters.